The molecule has 36 heavy (non-hydrogen) atoms. The largest absolute Gasteiger partial charge is 0.490 e. The molecule has 0 saturated carbocycles. The van der Waals surface area contributed by atoms with Crippen molar-refractivity contribution in [3.8, 4) is 11.5 Å². The van der Waals surface area contributed by atoms with Gasteiger partial charge in [0.1, 0.15) is 6.10 Å². The molecule has 2 aromatic carbocycles. The number of carbonyl (C=O) groups excluding carboxylic acids is 1. The van der Waals surface area contributed by atoms with Crippen molar-refractivity contribution >= 4 is 17.8 Å². The highest BCUT2D eigenvalue weighted by atomic mass is 16.5. The van der Waals surface area contributed by atoms with Gasteiger partial charge in [0, 0.05) is 25.5 Å². The van der Waals surface area contributed by atoms with Gasteiger partial charge in [-0.15, -0.1) is 0 Å². The second-order valence-electron chi connectivity index (χ2n) is 8.55. The fraction of sp³-hybridized carbons (Fsp3) is 0.333. The third kappa shape index (κ3) is 6.71. The summed E-state index contributed by atoms with van der Waals surface area (Å²) in [5.74, 6) is 0.831. The van der Waals surface area contributed by atoms with Gasteiger partial charge in [0.15, 0.2) is 11.5 Å². The zero-order valence-electron chi connectivity index (χ0n) is 20.2. The first-order valence-electron chi connectivity index (χ1n) is 12.0. The van der Waals surface area contributed by atoms with E-state index in [1.807, 2.05) is 37.3 Å². The van der Waals surface area contributed by atoms with Crippen molar-refractivity contribution in [3.05, 3.63) is 77.6 Å². The molecule has 4 rings (SSSR count). The van der Waals surface area contributed by atoms with Crippen LogP contribution in [-0.2, 0) is 17.8 Å². The average molecular weight is 491 g/mol. The lowest BCUT2D eigenvalue weighted by Gasteiger charge is -2.33. The number of carboxylic acids is 1. The van der Waals surface area contributed by atoms with E-state index in [1.165, 1.54) is 12.4 Å². The van der Waals surface area contributed by atoms with E-state index in [1.54, 1.807) is 18.2 Å². The number of para-hydroxylation sites is 2. The monoisotopic (exact) mass is 490 g/mol. The Balaban J connectivity index is 1.33. The molecule has 1 saturated heterocycles. The van der Waals surface area contributed by atoms with Crippen LogP contribution in [-0.4, -0.2) is 52.8 Å². The summed E-state index contributed by atoms with van der Waals surface area (Å²) in [4.78, 5) is 34.4. The standard InChI is InChI=1S/C27H30N4O5/c1-2-35-23-10-3-4-11-24(23)36-22-9-6-12-31(18-22)27-29-16-21(17-30-27)26(34)28-15-20-8-5-7-19(13-20)14-25(32)33/h3-5,7-8,10-11,13,16-17,22H,2,6,9,12,14-15,18H2,1H3,(H,28,34)(H,32,33). The Morgan fingerprint density at radius 1 is 1.08 bits per heavy atom. The summed E-state index contributed by atoms with van der Waals surface area (Å²) in [6.07, 6.45) is 4.82. The van der Waals surface area contributed by atoms with Gasteiger partial charge >= 0.3 is 5.97 Å². The van der Waals surface area contributed by atoms with Crippen molar-refractivity contribution in [3.63, 3.8) is 0 Å². The van der Waals surface area contributed by atoms with Crippen molar-refractivity contribution in [2.24, 2.45) is 0 Å². The quantitative estimate of drug-likeness (QED) is 0.444. The Kier molecular flexibility index (Phi) is 8.33. The smallest absolute Gasteiger partial charge is 0.307 e. The molecule has 0 bridgehead atoms. The number of benzene rings is 2. The lowest BCUT2D eigenvalue weighted by Crippen LogP contribution is -2.42. The van der Waals surface area contributed by atoms with E-state index in [-0.39, 0.29) is 25.0 Å². The molecule has 1 aliphatic heterocycles. The minimum atomic E-state index is -0.893. The topological polar surface area (TPSA) is 114 Å². The molecule has 1 amide bonds. The van der Waals surface area contributed by atoms with Gasteiger partial charge in [-0.1, -0.05) is 36.4 Å². The Hall–Kier alpha value is -4.14. The van der Waals surface area contributed by atoms with Crippen molar-refractivity contribution < 1.29 is 24.2 Å². The molecule has 0 aliphatic carbocycles. The molecular weight excluding hydrogens is 460 g/mol. The van der Waals surface area contributed by atoms with Crippen LogP contribution in [0.5, 0.6) is 11.5 Å². The molecular formula is C27H30N4O5. The van der Waals surface area contributed by atoms with E-state index in [0.717, 1.165) is 36.4 Å². The number of rotatable bonds is 10. The molecule has 1 aliphatic rings. The van der Waals surface area contributed by atoms with Gasteiger partial charge in [-0.2, -0.15) is 0 Å². The number of carbonyl (C=O) groups is 2. The van der Waals surface area contributed by atoms with Gasteiger partial charge < -0.3 is 24.8 Å². The first kappa shape index (κ1) is 25.0. The summed E-state index contributed by atoms with van der Waals surface area (Å²) in [5, 5.41) is 11.8. The van der Waals surface area contributed by atoms with Crippen molar-refractivity contribution in [2.45, 2.75) is 38.8 Å². The van der Waals surface area contributed by atoms with Crippen LogP contribution < -0.4 is 19.7 Å². The summed E-state index contributed by atoms with van der Waals surface area (Å²) in [5.41, 5.74) is 1.87. The Morgan fingerprint density at radius 3 is 2.58 bits per heavy atom. The van der Waals surface area contributed by atoms with E-state index in [4.69, 9.17) is 14.6 Å². The van der Waals surface area contributed by atoms with Gasteiger partial charge in [-0.05, 0) is 43.0 Å². The predicted octanol–water partition coefficient (Wildman–Crippen LogP) is 3.48. The molecule has 2 heterocycles. The van der Waals surface area contributed by atoms with E-state index < -0.39 is 5.97 Å². The predicted molar refractivity (Wildman–Crippen MR) is 134 cm³/mol. The lowest BCUT2D eigenvalue weighted by molar-refractivity contribution is -0.136. The molecule has 1 unspecified atom stereocenters. The van der Waals surface area contributed by atoms with Crippen molar-refractivity contribution in [1.29, 1.82) is 0 Å². The molecule has 0 spiro atoms. The minimum Gasteiger partial charge on any atom is -0.490 e. The Morgan fingerprint density at radius 2 is 1.83 bits per heavy atom. The maximum atomic E-state index is 12.6. The molecule has 1 atom stereocenters. The maximum Gasteiger partial charge on any atom is 0.307 e. The third-order valence-electron chi connectivity index (χ3n) is 5.80. The Bertz CT molecular complexity index is 1180. The van der Waals surface area contributed by atoms with Crippen LogP contribution in [0.3, 0.4) is 0 Å². The highest BCUT2D eigenvalue weighted by Crippen LogP contribution is 2.29. The van der Waals surface area contributed by atoms with Crippen LogP contribution in [0.25, 0.3) is 0 Å². The Labute approximate surface area is 210 Å². The summed E-state index contributed by atoms with van der Waals surface area (Å²) >= 11 is 0. The normalized spacial score (nSPS) is 15.2. The summed E-state index contributed by atoms with van der Waals surface area (Å²) in [6.45, 7) is 4.24. The number of nitrogens with zero attached hydrogens (tertiary/aromatic N) is 3. The number of hydrogen-bond acceptors (Lipinski definition) is 7. The van der Waals surface area contributed by atoms with Gasteiger partial charge in [0.05, 0.1) is 25.1 Å². The van der Waals surface area contributed by atoms with Crippen molar-refractivity contribution in [2.75, 3.05) is 24.6 Å². The number of aliphatic carboxylic acids is 1. The molecule has 9 nitrogen and oxygen atoms in total. The van der Waals surface area contributed by atoms with Gasteiger partial charge in [0.25, 0.3) is 5.91 Å². The van der Waals surface area contributed by atoms with Gasteiger partial charge in [0.2, 0.25) is 5.95 Å². The third-order valence-corrected chi connectivity index (χ3v) is 5.80. The zero-order chi connectivity index (χ0) is 25.3. The van der Waals surface area contributed by atoms with E-state index in [0.29, 0.717) is 30.2 Å². The number of anilines is 1. The number of nitrogens with one attached hydrogen (secondary N) is 1. The van der Waals surface area contributed by atoms with Crippen LogP contribution in [0.15, 0.2) is 60.9 Å². The molecule has 0 radical (unpaired) electrons. The number of carboxylic acid groups (broad SMARTS) is 1. The number of aromatic nitrogens is 2. The SMILES string of the molecule is CCOc1ccccc1OC1CCCN(c2ncc(C(=O)NCc3cccc(CC(=O)O)c3)cn2)C1. The number of amides is 1. The fourth-order valence-corrected chi connectivity index (χ4v) is 4.13. The lowest BCUT2D eigenvalue weighted by atomic mass is 10.1. The second kappa shape index (κ2) is 12.0. The van der Waals surface area contributed by atoms with Crippen LogP contribution >= 0.6 is 0 Å². The highest BCUT2D eigenvalue weighted by Gasteiger charge is 2.24. The van der Waals surface area contributed by atoms with E-state index in [2.05, 4.69) is 20.2 Å². The van der Waals surface area contributed by atoms with Gasteiger partial charge in [-0.3, -0.25) is 9.59 Å². The van der Waals surface area contributed by atoms with Crippen LogP contribution in [0.4, 0.5) is 5.95 Å². The molecule has 188 valence electrons. The fourth-order valence-electron chi connectivity index (χ4n) is 4.13. The first-order valence-corrected chi connectivity index (χ1v) is 12.0. The number of ether oxygens (including phenoxy) is 2. The van der Waals surface area contributed by atoms with Crippen LogP contribution in [0.2, 0.25) is 0 Å². The second-order valence-corrected chi connectivity index (χ2v) is 8.55. The molecule has 1 fully saturated rings. The first-order chi connectivity index (χ1) is 17.5. The van der Waals surface area contributed by atoms with Crippen LogP contribution in [0.1, 0.15) is 41.3 Å². The summed E-state index contributed by atoms with van der Waals surface area (Å²) in [7, 11) is 0. The van der Waals surface area contributed by atoms with E-state index >= 15 is 0 Å². The number of piperidine rings is 1. The highest BCUT2D eigenvalue weighted by molar-refractivity contribution is 5.93. The van der Waals surface area contributed by atoms with Crippen molar-refractivity contribution in [1.82, 2.24) is 15.3 Å². The molecule has 2 N–H and O–H groups in total. The van der Waals surface area contributed by atoms with Gasteiger partial charge in [-0.25, -0.2) is 9.97 Å². The molecule has 3 aromatic rings. The summed E-state index contributed by atoms with van der Waals surface area (Å²) in [6, 6.07) is 14.8. The van der Waals surface area contributed by atoms with E-state index in [9.17, 15) is 9.59 Å². The summed E-state index contributed by atoms with van der Waals surface area (Å²) < 4.78 is 11.9. The maximum absolute atomic E-state index is 12.6. The molecule has 9 heteroatoms. The molecule has 1 aromatic heterocycles. The number of hydrogen-bond donors (Lipinski definition) is 2. The minimum absolute atomic E-state index is 0.0242. The van der Waals surface area contributed by atoms with Crippen LogP contribution in [0, 0.1) is 0 Å². The zero-order valence-corrected chi connectivity index (χ0v) is 20.2. The average Bonchev–Trinajstić information content (AvgIpc) is 2.89.